The van der Waals surface area contributed by atoms with Crippen LogP contribution in [0.15, 0.2) is 22.7 Å². The number of rotatable bonds is 7. The monoisotopic (exact) mass is 360 g/mol. The Labute approximate surface area is 150 Å². The summed E-state index contributed by atoms with van der Waals surface area (Å²) in [5.74, 6) is 1.23. The molecule has 2 aromatic rings. The van der Waals surface area contributed by atoms with Crippen molar-refractivity contribution in [2.45, 2.75) is 33.2 Å². The lowest BCUT2D eigenvalue weighted by Crippen LogP contribution is -2.28. The standard InChI is InChI=1S/C18H20N2O6/c1-11-14(12(2)26-20-11)4-6-18(22)23-9-17(21)19-8-13-3-5-15-16(7-13)25-10-24-15/h3,5,7H,4,6,8-10H2,1-2H3,(H,19,21). The second kappa shape index (κ2) is 7.90. The SMILES string of the molecule is Cc1noc(C)c1CCC(=O)OCC(=O)NCc1ccc2c(c1)OCO2. The van der Waals surface area contributed by atoms with E-state index >= 15 is 0 Å². The van der Waals surface area contributed by atoms with Gasteiger partial charge in [0.25, 0.3) is 5.91 Å². The number of hydrogen-bond donors (Lipinski definition) is 1. The molecule has 0 atom stereocenters. The van der Waals surface area contributed by atoms with Crippen molar-refractivity contribution in [3.8, 4) is 11.5 Å². The Balaban J connectivity index is 1.38. The van der Waals surface area contributed by atoms with E-state index in [0.29, 0.717) is 30.2 Å². The Kier molecular flexibility index (Phi) is 5.40. The molecule has 1 amide bonds. The summed E-state index contributed by atoms with van der Waals surface area (Å²) in [7, 11) is 0. The van der Waals surface area contributed by atoms with Crippen molar-refractivity contribution >= 4 is 11.9 Å². The third kappa shape index (κ3) is 4.33. The number of aryl methyl sites for hydroxylation is 2. The Morgan fingerprint density at radius 3 is 2.81 bits per heavy atom. The number of esters is 1. The van der Waals surface area contributed by atoms with Crippen LogP contribution in [0.1, 0.15) is 29.0 Å². The summed E-state index contributed by atoms with van der Waals surface area (Å²) in [5, 5.41) is 6.53. The zero-order valence-electron chi connectivity index (χ0n) is 14.7. The first kappa shape index (κ1) is 17.8. The lowest BCUT2D eigenvalue weighted by molar-refractivity contribution is -0.148. The van der Waals surface area contributed by atoms with Crippen molar-refractivity contribution in [2.24, 2.45) is 0 Å². The van der Waals surface area contributed by atoms with Gasteiger partial charge in [-0.25, -0.2) is 0 Å². The van der Waals surface area contributed by atoms with E-state index in [9.17, 15) is 9.59 Å². The van der Waals surface area contributed by atoms with Crippen molar-refractivity contribution in [1.82, 2.24) is 10.5 Å². The average molecular weight is 360 g/mol. The summed E-state index contributed by atoms with van der Waals surface area (Å²) in [6.07, 6.45) is 0.636. The fourth-order valence-corrected chi connectivity index (χ4v) is 2.61. The van der Waals surface area contributed by atoms with Crippen molar-refractivity contribution in [3.63, 3.8) is 0 Å². The number of ether oxygens (including phenoxy) is 3. The van der Waals surface area contributed by atoms with E-state index in [0.717, 1.165) is 16.8 Å². The highest BCUT2D eigenvalue weighted by Gasteiger charge is 2.15. The molecule has 0 aliphatic carbocycles. The molecular weight excluding hydrogens is 340 g/mol. The molecule has 0 fully saturated rings. The van der Waals surface area contributed by atoms with Crippen LogP contribution in [0, 0.1) is 13.8 Å². The maximum Gasteiger partial charge on any atom is 0.306 e. The van der Waals surface area contributed by atoms with Gasteiger partial charge in [0.1, 0.15) is 5.76 Å². The summed E-state index contributed by atoms with van der Waals surface area (Å²) in [4.78, 5) is 23.6. The molecule has 8 heteroatoms. The molecule has 0 bridgehead atoms. The molecule has 0 unspecified atom stereocenters. The molecule has 1 aliphatic rings. The molecule has 138 valence electrons. The molecule has 8 nitrogen and oxygen atoms in total. The van der Waals surface area contributed by atoms with Gasteiger partial charge in [-0.15, -0.1) is 0 Å². The quantitative estimate of drug-likeness (QED) is 0.752. The van der Waals surface area contributed by atoms with Crippen molar-refractivity contribution in [3.05, 3.63) is 40.8 Å². The number of nitrogens with one attached hydrogen (secondary N) is 1. The molecule has 0 spiro atoms. The van der Waals surface area contributed by atoms with Gasteiger partial charge in [-0.1, -0.05) is 11.2 Å². The molecule has 1 aromatic heterocycles. The molecule has 0 radical (unpaired) electrons. The molecule has 3 rings (SSSR count). The Hall–Kier alpha value is -3.03. The predicted molar refractivity (Wildman–Crippen MR) is 89.7 cm³/mol. The fourth-order valence-electron chi connectivity index (χ4n) is 2.61. The Bertz CT molecular complexity index is 795. The number of carbonyl (C=O) groups is 2. The number of benzene rings is 1. The van der Waals surface area contributed by atoms with Crippen LogP contribution in [0.25, 0.3) is 0 Å². The number of hydrogen-bond acceptors (Lipinski definition) is 7. The maximum atomic E-state index is 11.8. The van der Waals surface area contributed by atoms with Gasteiger partial charge >= 0.3 is 5.97 Å². The van der Waals surface area contributed by atoms with E-state index in [1.807, 2.05) is 13.0 Å². The average Bonchev–Trinajstić information content (AvgIpc) is 3.22. The number of amides is 1. The minimum Gasteiger partial charge on any atom is -0.456 e. The number of carbonyl (C=O) groups excluding carboxylic acids is 2. The van der Waals surface area contributed by atoms with Crippen LogP contribution in [0.5, 0.6) is 11.5 Å². The van der Waals surface area contributed by atoms with Crippen molar-refractivity contribution in [2.75, 3.05) is 13.4 Å². The Morgan fingerprint density at radius 1 is 1.23 bits per heavy atom. The van der Waals surface area contributed by atoms with Gasteiger partial charge in [-0.2, -0.15) is 0 Å². The van der Waals surface area contributed by atoms with E-state index in [2.05, 4.69) is 10.5 Å². The van der Waals surface area contributed by atoms with Gasteiger partial charge in [-0.05, 0) is 38.0 Å². The van der Waals surface area contributed by atoms with Gasteiger partial charge in [0.15, 0.2) is 18.1 Å². The smallest absolute Gasteiger partial charge is 0.306 e. The normalized spacial score (nSPS) is 12.1. The molecule has 0 saturated heterocycles. The summed E-state index contributed by atoms with van der Waals surface area (Å²) in [6.45, 7) is 3.82. The van der Waals surface area contributed by atoms with E-state index in [4.69, 9.17) is 18.7 Å². The maximum absolute atomic E-state index is 11.8. The first-order chi connectivity index (χ1) is 12.5. The van der Waals surface area contributed by atoms with Crippen molar-refractivity contribution < 1.29 is 28.3 Å². The van der Waals surface area contributed by atoms with E-state index in [1.165, 1.54) is 0 Å². The van der Waals surface area contributed by atoms with Gasteiger partial charge in [-0.3, -0.25) is 9.59 Å². The largest absolute Gasteiger partial charge is 0.456 e. The number of aromatic nitrogens is 1. The van der Waals surface area contributed by atoms with Gasteiger partial charge in [0.05, 0.1) is 5.69 Å². The highest BCUT2D eigenvalue weighted by molar-refractivity contribution is 5.80. The summed E-state index contributed by atoms with van der Waals surface area (Å²) in [5.41, 5.74) is 2.53. The molecule has 0 saturated carbocycles. The second-order valence-corrected chi connectivity index (χ2v) is 5.93. The topological polar surface area (TPSA) is 99.9 Å². The molecular formula is C18H20N2O6. The van der Waals surface area contributed by atoms with Crippen LogP contribution in [-0.4, -0.2) is 30.4 Å². The molecule has 2 heterocycles. The third-order valence-corrected chi connectivity index (χ3v) is 4.05. The van der Waals surface area contributed by atoms with Gasteiger partial charge in [0.2, 0.25) is 6.79 Å². The molecule has 1 aromatic carbocycles. The van der Waals surface area contributed by atoms with Crippen LogP contribution in [-0.2, 0) is 27.3 Å². The molecule has 26 heavy (non-hydrogen) atoms. The highest BCUT2D eigenvalue weighted by atomic mass is 16.7. The minimum absolute atomic E-state index is 0.165. The molecule has 1 N–H and O–H groups in total. The third-order valence-electron chi connectivity index (χ3n) is 4.05. The lowest BCUT2D eigenvalue weighted by atomic mass is 10.1. The van der Waals surface area contributed by atoms with Crippen LogP contribution >= 0.6 is 0 Å². The molecule has 1 aliphatic heterocycles. The second-order valence-electron chi connectivity index (χ2n) is 5.93. The van der Waals surface area contributed by atoms with Gasteiger partial charge < -0.3 is 24.1 Å². The summed E-state index contributed by atoms with van der Waals surface area (Å²) >= 11 is 0. The van der Waals surface area contributed by atoms with Crippen LogP contribution in [0.3, 0.4) is 0 Å². The minimum atomic E-state index is -0.441. The zero-order chi connectivity index (χ0) is 18.5. The zero-order valence-corrected chi connectivity index (χ0v) is 14.7. The van der Waals surface area contributed by atoms with Crippen LogP contribution < -0.4 is 14.8 Å². The van der Waals surface area contributed by atoms with Gasteiger partial charge in [0, 0.05) is 18.5 Å². The Morgan fingerprint density at radius 2 is 2.04 bits per heavy atom. The van der Waals surface area contributed by atoms with Crippen LogP contribution in [0.2, 0.25) is 0 Å². The highest BCUT2D eigenvalue weighted by Crippen LogP contribution is 2.32. The van der Waals surface area contributed by atoms with E-state index in [-0.39, 0.29) is 25.7 Å². The predicted octanol–water partition coefficient (Wildman–Crippen LogP) is 1.81. The first-order valence-corrected chi connectivity index (χ1v) is 8.25. The summed E-state index contributed by atoms with van der Waals surface area (Å²) in [6, 6.07) is 5.43. The van der Waals surface area contributed by atoms with Crippen LogP contribution in [0.4, 0.5) is 0 Å². The first-order valence-electron chi connectivity index (χ1n) is 8.25. The van der Waals surface area contributed by atoms with Crippen molar-refractivity contribution in [1.29, 1.82) is 0 Å². The summed E-state index contributed by atoms with van der Waals surface area (Å²) < 4.78 is 20.6. The number of fused-ring (bicyclic) bond motifs is 1. The fraction of sp³-hybridized carbons (Fsp3) is 0.389. The van der Waals surface area contributed by atoms with E-state index in [1.54, 1.807) is 19.1 Å². The van der Waals surface area contributed by atoms with E-state index < -0.39 is 5.97 Å². The number of nitrogens with zero attached hydrogens (tertiary/aromatic N) is 1. The lowest BCUT2D eigenvalue weighted by Gasteiger charge is -2.07.